The molecule has 4 aromatic rings. The minimum Gasteiger partial charge on any atom is -0.465 e. The average Bonchev–Trinajstić information content (AvgIpc) is 3.73. The van der Waals surface area contributed by atoms with E-state index in [-0.39, 0.29) is 32.8 Å². The summed E-state index contributed by atoms with van der Waals surface area (Å²) in [5.41, 5.74) is 2.17. The van der Waals surface area contributed by atoms with Crippen molar-refractivity contribution in [1.82, 2.24) is 0 Å². The van der Waals surface area contributed by atoms with E-state index in [1.54, 1.807) is 17.5 Å². The third-order valence-corrected chi connectivity index (χ3v) is 9.98. The molecule has 14 heteroatoms. The van der Waals surface area contributed by atoms with Gasteiger partial charge in [-0.25, -0.2) is 18.0 Å². The standard InChI is InChI=1S/C28H24N2O9S3/c1-16-20(12-17-5-10-21-22(13-17)39-15-38-21)25(28(33)36-2)26(41-16)29-23(31)14-37-27(32)18-6-8-19(9-7-18)30-42(34,35)24-4-3-11-40-24/h3-11,13,30H,12,14-15H2,1-2H3,(H,29,31). The quantitative estimate of drug-likeness (QED) is 0.236. The van der Waals surface area contributed by atoms with Gasteiger partial charge >= 0.3 is 11.9 Å². The summed E-state index contributed by atoms with van der Waals surface area (Å²) in [6, 6.07) is 14.2. The summed E-state index contributed by atoms with van der Waals surface area (Å²) in [5.74, 6) is -0.783. The number of aryl methyl sites for hydroxylation is 1. The SMILES string of the molecule is COC(=O)c1c(NC(=O)COC(=O)c2ccc(NS(=O)(=O)c3cccs3)cc2)sc(C)c1Cc1ccc2c(c1)OCO2. The van der Waals surface area contributed by atoms with Gasteiger partial charge in [-0.15, -0.1) is 22.7 Å². The van der Waals surface area contributed by atoms with Crippen LogP contribution in [-0.2, 0) is 30.7 Å². The van der Waals surface area contributed by atoms with Gasteiger partial charge in [-0.05, 0) is 72.3 Å². The third-order valence-electron chi connectivity index (χ3n) is 6.14. The van der Waals surface area contributed by atoms with Crippen molar-refractivity contribution in [2.24, 2.45) is 0 Å². The number of thiophene rings is 2. The second-order valence-electron chi connectivity index (χ2n) is 8.94. The average molecular weight is 629 g/mol. The molecule has 2 aromatic carbocycles. The highest BCUT2D eigenvalue weighted by Gasteiger charge is 2.25. The number of carbonyl (C=O) groups is 3. The summed E-state index contributed by atoms with van der Waals surface area (Å²) < 4.78 is 48.3. The number of ether oxygens (including phenoxy) is 4. The highest BCUT2D eigenvalue weighted by Crippen LogP contribution is 2.37. The number of nitrogens with one attached hydrogen (secondary N) is 2. The zero-order chi connectivity index (χ0) is 29.9. The number of anilines is 2. The van der Waals surface area contributed by atoms with E-state index < -0.39 is 34.5 Å². The summed E-state index contributed by atoms with van der Waals surface area (Å²) in [5, 5.41) is 4.58. The van der Waals surface area contributed by atoms with Crippen molar-refractivity contribution in [3.63, 3.8) is 0 Å². The summed E-state index contributed by atoms with van der Waals surface area (Å²) in [6.45, 7) is 1.37. The van der Waals surface area contributed by atoms with Crippen LogP contribution in [0.2, 0.25) is 0 Å². The number of esters is 2. The first kappa shape index (κ1) is 29.1. The largest absolute Gasteiger partial charge is 0.465 e. The Balaban J connectivity index is 1.22. The van der Waals surface area contributed by atoms with Crippen molar-refractivity contribution >= 4 is 61.2 Å². The smallest absolute Gasteiger partial charge is 0.341 e. The van der Waals surface area contributed by atoms with Crippen LogP contribution in [0, 0.1) is 6.92 Å². The molecule has 2 N–H and O–H groups in total. The number of amides is 1. The van der Waals surface area contributed by atoms with Crippen LogP contribution in [-0.4, -0.2) is 46.8 Å². The Kier molecular flexibility index (Phi) is 8.47. The van der Waals surface area contributed by atoms with Gasteiger partial charge in [0.2, 0.25) is 6.79 Å². The molecular weight excluding hydrogens is 605 g/mol. The molecule has 1 amide bonds. The predicted molar refractivity (Wildman–Crippen MR) is 156 cm³/mol. The lowest BCUT2D eigenvalue weighted by Gasteiger charge is -2.10. The van der Waals surface area contributed by atoms with Crippen molar-refractivity contribution in [3.05, 3.63) is 87.1 Å². The molecule has 5 rings (SSSR count). The molecule has 11 nitrogen and oxygen atoms in total. The topological polar surface area (TPSA) is 146 Å². The molecule has 1 aliphatic heterocycles. The molecule has 2 aromatic heterocycles. The number of carbonyl (C=O) groups excluding carboxylic acids is 3. The zero-order valence-corrected chi connectivity index (χ0v) is 24.7. The third kappa shape index (κ3) is 6.40. The Bertz CT molecular complexity index is 1750. The van der Waals surface area contributed by atoms with Gasteiger partial charge in [0.05, 0.1) is 18.2 Å². The number of methoxy groups -OCH3 is 1. The molecule has 0 saturated carbocycles. The molecule has 1 aliphatic rings. The van der Waals surface area contributed by atoms with Crippen LogP contribution < -0.4 is 19.5 Å². The van der Waals surface area contributed by atoms with E-state index in [1.165, 1.54) is 48.8 Å². The fraction of sp³-hybridized carbons (Fsp3) is 0.179. The van der Waals surface area contributed by atoms with Crippen molar-refractivity contribution < 1.29 is 41.7 Å². The van der Waals surface area contributed by atoms with Crippen molar-refractivity contribution in [1.29, 1.82) is 0 Å². The molecule has 0 aliphatic carbocycles. The number of sulfonamides is 1. The maximum Gasteiger partial charge on any atom is 0.341 e. The lowest BCUT2D eigenvalue weighted by atomic mass is 10.0. The first-order valence-corrected chi connectivity index (χ1v) is 15.5. The molecule has 0 saturated heterocycles. The summed E-state index contributed by atoms with van der Waals surface area (Å²) in [7, 11) is -2.48. The van der Waals surface area contributed by atoms with Crippen LogP contribution in [0.1, 0.15) is 36.7 Å². The second kappa shape index (κ2) is 12.2. The molecule has 0 unspecified atom stereocenters. The van der Waals surface area contributed by atoms with Crippen molar-refractivity contribution in [2.45, 2.75) is 17.6 Å². The van der Waals surface area contributed by atoms with Crippen molar-refractivity contribution in [2.75, 3.05) is 30.5 Å². The van der Waals surface area contributed by atoms with E-state index >= 15 is 0 Å². The Hall–Kier alpha value is -4.40. The molecule has 0 spiro atoms. The van der Waals surface area contributed by atoms with Crippen molar-refractivity contribution in [3.8, 4) is 11.5 Å². The Labute approximate surface area is 249 Å². The Morgan fingerprint density at radius 3 is 2.48 bits per heavy atom. The second-order valence-corrected chi connectivity index (χ2v) is 13.0. The first-order chi connectivity index (χ1) is 20.1. The number of hydrogen-bond donors (Lipinski definition) is 2. The van der Waals surface area contributed by atoms with E-state index in [0.29, 0.717) is 23.5 Å². The van der Waals surface area contributed by atoms with Gasteiger partial charge in [-0.3, -0.25) is 9.52 Å². The maximum atomic E-state index is 12.7. The minimum absolute atomic E-state index is 0.120. The number of fused-ring (bicyclic) bond motifs is 1. The van der Waals surface area contributed by atoms with Gasteiger partial charge in [-0.2, -0.15) is 0 Å². The van der Waals surface area contributed by atoms with Crippen LogP contribution >= 0.6 is 22.7 Å². The van der Waals surface area contributed by atoms with Gasteiger partial charge in [0, 0.05) is 10.6 Å². The minimum atomic E-state index is -3.73. The lowest BCUT2D eigenvalue weighted by Crippen LogP contribution is -2.21. The maximum absolute atomic E-state index is 12.7. The molecule has 0 bridgehead atoms. The van der Waals surface area contributed by atoms with Crippen LogP contribution in [0.25, 0.3) is 0 Å². The Morgan fingerprint density at radius 1 is 1.00 bits per heavy atom. The van der Waals surface area contributed by atoms with Crippen LogP contribution in [0.5, 0.6) is 11.5 Å². The highest BCUT2D eigenvalue weighted by molar-refractivity contribution is 7.94. The monoisotopic (exact) mass is 628 g/mol. The number of hydrogen-bond acceptors (Lipinski definition) is 11. The molecule has 3 heterocycles. The van der Waals surface area contributed by atoms with Crippen LogP contribution in [0.15, 0.2) is 64.2 Å². The van der Waals surface area contributed by atoms with E-state index in [9.17, 15) is 22.8 Å². The fourth-order valence-electron chi connectivity index (χ4n) is 4.13. The van der Waals surface area contributed by atoms with Crippen LogP contribution in [0.3, 0.4) is 0 Å². The molecule has 218 valence electrons. The highest BCUT2D eigenvalue weighted by atomic mass is 32.2. The molecule has 0 atom stereocenters. The van der Waals surface area contributed by atoms with Gasteiger partial charge in [0.1, 0.15) is 9.21 Å². The molecule has 0 radical (unpaired) electrons. The number of rotatable bonds is 10. The summed E-state index contributed by atoms with van der Waals surface area (Å²) in [4.78, 5) is 38.7. The molecule has 0 fully saturated rings. The fourth-order valence-corrected chi connectivity index (χ4v) is 7.25. The summed E-state index contributed by atoms with van der Waals surface area (Å²) >= 11 is 2.29. The van der Waals surface area contributed by atoms with Gasteiger partial charge in [0.25, 0.3) is 15.9 Å². The van der Waals surface area contributed by atoms with E-state index in [4.69, 9.17) is 18.9 Å². The summed E-state index contributed by atoms with van der Waals surface area (Å²) in [6.07, 6.45) is 0.383. The van der Waals surface area contributed by atoms with Gasteiger partial charge in [0.15, 0.2) is 18.1 Å². The first-order valence-electron chi connectivity index (χ1n) is 12.4. The number of benzene rings is 2. The van der Waals surface area contributed by atoms with E-state index in [0.717, 1.165) is 21.8 Å². The normalized spacial score (nSPS) is 12.0. The van der Waals surface area contributed by atoms with Gasteiger partial charge in [-0.1, -0.05) is 12.1 Å². The van der Waals surface area contributed by atoms with Gasteiger partial charge < -0.3 is 24.3 Å². The lowest BCUT2D eigenvalue weighted by molar-refractivity contribution is -0.119. The van der Waals surface area contributed by atoms with E-state index in [1.807, 2.05) is 19.1 Å². The van der Waals surface area contributed by atoms with Crippen LogP contribution in [0.4, 0.5) is 10.7 Å². The zero-order valence-electron chi connectivity index (χ0n) is 22.3. The molecule has 42 heavy (non-hydrogen) atoms. The Morgan fingerprint density at radius 2 is 1.76 bits per heavy atom. The molecular formula is C28H24N2O9S3. The predicted octanol–water partition coefficient (Wildman–Crippen LogP) is 4.82. The van der Waals surface area contributed by atoms with E-state index in [2.05, 4.69) is 10.0 Å².